The van der Waals surface area contributed by atoms with Crippen LogP contribution < -0.4 is 10.5 Å². The van der Waals surface area contributed by atoms with Crippen LogP contribution in [-0.4, -0.2) is 20.3 Å². The summed E-state index contributed by atoms with van der Waals surface area (Å²) in [5, 5.41) is 0. The van der Waals surface area contributed by atoms with Gasteiger partial charge in [0.2, 0.25) is 0 Å². The second-order valence-corrected chi connectivity index (χ2v) is 4.36. The van der Waals surface area contributed by atoms with Gasteiger partial charge in [0.1, 0.15) is 5.75 Å². The maximum atomic E-state index is 5.62. The summed E-state index contributed by atoms with van der Waals surface area (Å²) in [6.07, 6.45) is 2.03. The maximum Gasteiger partial charge on any atom is 0.119 e. The first kappa shape index (κ1) is 13.5. The fraction of sp³-hybridized carbons (Fsp3) is 0.500. The zero-order valence-electron chi connectivity index (χ0n) is 9.54. The summed E-state index contributed by atoms with van der Waals surface area (Å²) in [5.41, 5.74) is 6.68. The molecule has 1 aromatic rings. The highest BCUT2D eigenvalue weighted by Crippen LogP contribution is 2.22. The molecule has 0 saturated carbocycles. The normalized spacial score (nSPS) is 10.4. The molecule has 3 nitrogen and oxygen atoms in total. The lowest BCUT2D eigenvalue weighted by atomic mass is 10.2. The third kappa shape index (κ3) is 4.51. The summed E-state index contributed by atoms with van der Waals surface area (Å²) in [4.78, 5) is 0. The Morgan fingerprint density at radius 3 is 2.69 bits per heavy atom. The SMILES string of the molecule is COCCCCOc1ccc(Br)c(CN)c1. The number of nitrogens with two attached hydrogens (primary N) is 1. The summed E-state index contributed by atoms with van der Waals surface area (Å²) < 4.78 is 11.6. The molecular formula is C12H18BrNO2. The van der Waals surface area contributed by atoms with Gasteiger partial charge in [-0.15, -0.1) is 0 Å². The van der Waals surface area contributed by atoms with Gasteiger partial charge in [-0.25, -0.2) is 0 Å². The number of rotatable bonds is 7. The molecule has 0 aromatic heterocycles. The van der Waals surface area contributed by atoms with Crippen molar-refractivity contribution in [2.75, 3.05) is 20.3 Å². The van der Waals surface area contributed by atoms with E-state index in [-0.39, 0.29) is 0 Å². The molecule has 2 N–H and O–H groups in total. The van der Waals surface area contributed by atoms with Crippen LogP contribution in [0.25, 0.3) is 0 Å². The number of hydrogen-bond acceptors (Lipinski definition) is 3. The van der Waals surface area contributed by atoms with Crippen LogP contribution in [0, 0.1) is 0 Å². The van der Waals surface area contributed by atoms with Crippen LogP contribution in [0.5, 0.6) is 5.75 Å². The minimum absolute atomic E-state index is 0.515. The molecule has 0 radical (unpaired) electrons. The fourth-order valence-corrected chi connectivity index (χ4v) is 1.74. The Bertz CT molecular complexity index is 318. The molecule has 1 aromatic carbocycles. The van der Waals surface area contributed by atoms with Gasteiger partial charge in [-0.05, 0) is 36.6 Å². The second kappa shape index (κ2) is 7.65. The Balaban J connectivity index is 2.36. The molecule has 4 heteroatoms. The van der Waals surface area contributed by atoms with Gasteiger partial charge in [0, 0.05) is 24.7 Å². The van der Waals surface area contributed by atoms with E-state index in [2.05, 4.69) is 15.9 Å². The third-order valence-corrected chi connectivity index (χ3v) is 3.02. The molecule has 0 heterocycles. The number of hydrogen-bond donors (Lipinski definition) is 1. The van der Waals surface area contributed by atoms with Crippen molar-refractivity contribution < 1.29 is 9.47 Å². The topological polar surface area (TPSA) is 44.5 Å². The number of benzene rings is 1. The minimum atomic E-state index is 0.515. The fourth-order valence-electron chi connectivity index (χ4n) is 1.34. The van der Waals surface area contributed by atoms with Crippen LogP contribution in [0.2, 0.25) is 0 Å². The minimum Gasteiger partial charge on any atom is -0.494 e. The first-order valence-electron chi connectivity index (χ1n) is 5.38. The molecule has 0 spiro atoms. The van der Waals surface area contributed by atoms with E-state index in [0.717, 1.165) is 41.8 Å². The van der Waals surface area contributed by atoms with Crippen molar-refractivity contribution in [3.05, 3.63) is 28.2 Å². The maximum absolute atomic E-state index is 5.62. The van der Waals surface area contributed by atoms with E-state index in [1.54, 1.807) is 7.11 Å². The molecule has 16 heavy (non-hydrogen) atoms. The van der Waals surface area contributed by atoms with Gasteiger partial charge in [-0.3, -0.25) is 0 Å². The number of methoxy groups -OCH3 is 1. The molecule has 0 aliphatic heterocycles. The quantitative estimate of drug-likeness (QED) is 0.785. The molecule has 0 bridgehead atoms. The predicted octanol–water partition coefficient (Wildman–Crippen LogP) is 2.71. The largest absolute Gasteiger partial charge is 0.494 e. The number of unbranched alkanes of at least 4 members (excludes halogenated alkanes) is 1. The standard InChI is InChI=1S/C12H18BrNO2/c1-15-6-2-3-7-16-11-4-5-12(13)10(8-11)9-14/h4-5,8H,2-3,6-7,9,14H2,1H3. The highest BCUT2D eigenvalue weighted by molar-refractivity contribution is 9.10. The lowest BCUT2D eigenvalue weighted by molar-refractivity contribution is 0.184. The van der Waals surface area contributed by atoms with E-state index in [1.165, 1.54) is 0 Å². The van der Waals surface area contributed by atoms with Crippen LogP contribution in [0.1, 0.15) is 18.4 Å². The predicted molar refractivity (Wildman–Crippen MR) is 68.6 cm³/mol. The van der Waals surface area contributed by atoms with Crippen molar-refractivity contribution in [3.8, 4) is 5.75 Å². The van der Waals surface area contributed by atoms with Crippen molar-refractivity contribution in [1.82, 2.24) is 0 Å². The van der Waals surface area contributed by atoms with Gasteiger partial charge in [-0.1, -0.05) is 15.9 Å². The van der Waals surface area contributed by atoms with Crippen LogP contribution in [0.4, 0.5) is 0 Å². The average molecular weight is 288 g/mol. The van der Waals surface area contributed by atoms with Gasteiger partial charge < -0.3 is 15.2 Å². The van der Waals surface area contributed by atoms with Crippen LogP contribution in [-0.2, 0) is 11.3 Å². The third-order valence-electron chi connectivity index (χ3n) is 2.25. The summed E-state index contributed by atoms with van der Waals surface area (Å²) in [6.45, 7) is 2.02. The van der Waals surface area contributed by atoms with E-state index >= 15 is 0 Å². The zero-order chi connectivity index (χ0) is 11.8. The molecule has 1 rings (SSSR count). The molecule has 0 atom stereocenters. The Morgan fingerprint density at radius 1 is 1.25 bits per heavy atom. The summed E-state index contributed by atoms with van der Waals surface area (Å²) in [7, 11) is 1.71. The summed E-state index contributed by atoms with van der Waals surface area (Å²) in [5.74, 6) is 0.876. The van der Waals surface area contributed by atoms with Crippen molar-refractivity contribution in [2.24, 2.45) is 5.73 Å². The van der Waals surface area contributed by atoms with Crippen LogP contribution in [0.15, 0.2) is 22.7 Å². The Labute approximate surface area is 105 Å². The van der Waals surface area contributed by atoms with Crippen molar-refractivity contribution in [1.29, 1.82) is 0 Å². The zero-order valence-corrected chi connectivity index (χ0v) is 11.1. The van der Waals surface area contributed by atoms with Crippen molar-refractivity contribution in [2.45, 2.75) is 19.4 Å². The average Bonchev–Trinajstić information content (AvgIpc) is 2.31. The second-order valence-electron chi connectivity index (χ2n) is 3.51. The van der Waals surface area contributed by atoms with E-state index in [1.807, 2.05) is 18.2 Å². The van der Waals surface area contributed by atoms with Gasteiger partial charge in [0.25, 0.3) is 0 Å². The van der Waals surface area contributed by atoms with Gasteiger partial charge >= 0.3 is 0 Å². The van der Waals surface area contributed by atoms with Gasteiger partial charge in [-0.2, -0.15) is 0 Å². The first-order valence-corrected chi connectivity index (χ1v) is 6.17. The lowest BCUT2D eigenvalue weighted by Gasteiger charge is -2.08. The monoisotopic (exact) mass is 287 g/mol. The number of ether oxygens (including phenoxy) is 2. The molecule has 90 valence electrons. The van der Waals surface area contributed by atoms with E-state index in [4.69, 9.17) is 15.2 Å². The summed E-state index contributed by atoms with van der Waals surface area (Å²) >= 11 is 3.44. The van der Waals surface area contributed by atoms with Gasteiger partial charge in [0.05, 0.1) is 6.61 Å². The molecule has 0 saturated heterocycles. The first-order chi connectivity index (χ1) is 7.77. The number of halogens is 1. The molecule has 0 fully saturated rings. The molecule has 0 unspecified atom stereocenters. The van der Waals surface area contributed by atoms with E-state index < -0.39 is 0 Å². The van der Waals surface area contributed by atoms with E-state index in [9.17, 15) is 0 Å². The van der Waals surface area contributed by atoms with Crippen LogP contribution >= 0.6 is 15.9 Å². The molecule has 0 aliphatic rings. The lowest BCUT2D eigenvalue weighted by Crippen LogP contribution is -2.02. The van der Waals surface area contributed by atoms with Crippen molar-refractivity contribution in [3.63, 3.8) is 0 Å². The van der Waals surface area contributed by atoms with E-state index in [0.29, 0.717) is 6.54 Å². The molecule has 0 aliphatic carbocycles. The van der Waals surface area contributed by atoms with Crippen LogP contribution in [0.3, 0.4) is 0 Å². The summed E-state index contributed by atoms with van der Waals surface area (Å²) in [6, 6.07) is 5.88. The van der Waals surface area contributed by atoms with Gasteiger partial charge in [0.15, 0.2) is 0 Å². The van der Waals surface area contributed by atoms with Crippen molar-refractivity contribution >= 4 is 15.9 Å². The highest BCUT2D eigenvalue weighted by atomic mass is 79.9. The molecular weight excluding hydrogens is 270 g/mol. The smallest absolute Gasteiger partial charge is 0.119 e. The molecule has 0 amide bonds. The Kier molecular flexibility index (Phi) is 6.45. The Morgan fingerprint density at radius 2 is 2.00 bits per heavy atom. The highest BCUT2D eigenvalue weighted by Gasteiger charge is 2.00. The Hall–Kier alpha value is -0.580.